The maximum atomic E-state index is 11.4. The van der Waals surface area contributed by atoms with Gasteiger partial charge in [0.05, 0.1) is 5.41 Å². The van der Waals surface area contributed by atoms with E-state index in [1.807, 2.05) is 6.92 Å². The second-order valence-electron chi connectivity index (χ2n) is 6.04. The number of hydrogen-bond acceptors (Lipinski definition) is 2. The summed E-state index contributed by atoms with van der Waals surface area (Å²) in [7, 11) is 0. The van der Waals surface area contributed by atoms with E-state index in [1.165, 1.54) is 16.7 Å². The maximum Gasteiger partial charge on any atom is 0.310 e. The molecule has 1 atom stereocenters. The number of carboxylic acid groups (broad SMARTS) is 1. The lowest BCUT2D eigenvalue weighted by Gasteiger charge is -2.37. The van der Waals surface area contributed by atoms with Gasteiger partial charge in [-0.05, 0) is 56.8 Å². The van der Waals surface area contributed by atoms with Gasteiger partial charge in [-0.3, -0.25) is 9.69 Å². The summed E-state index contributed by atoms with van der Waals surface area (Å²) in [6.07, 6.45) is 1.75. The largest absolute Gasteiger partial charge is 0.481 e. The van der Waals surface area contributed by atoms with Gasteiger partial charge in [0.15, 0.2) is 0 Å². The molecule has 1 aliphatic heterocycles. The highest BCUT2D eigenvalue weighted by Crippen LogP contribution is 2.30. The minimum absolute atomic E-state index is 0.587. The van der Waals surface area contributed by atoms with E-state index in [0.29, 0.717) is 6.54 Å². The summed E-state index contributed by atoms with van der Waals surface area (Å²) >= 11 is 0. The Kier molecular flexibility index (Phi) is 3.95. The average Bonchev–Trinajstić information content (AvgIpc) is 2.35. The van der Waals surface area contributed by atoms with Crippen LogP contribution in [-0.2, 0) is 11.3 Å². The molecule has 1 aromatic carbocycles. The van der Waals surface area contributed by atoms with Crippen molar-refractivity contribution in [3.8, 4) is 0 Å². The highest BCUT2D eigenvalue weighted by Gasteiger charge is 2.37. The third kappa shape index (κ3) is 2.98. The van der Waals surface area contributed by atoms with Gasteiger partial charge in [-0.2, -0.15) is 0 Å². The van der Waals surface area contributed by atoms with E-state index < -0.39 is 11.4 Å². The lowest BCUT2D eigenvalue weighted by molar-refractivity contribution is -0.151. The van der Waals surface area contributed by atoms with Crippen molar-refractivity contribution in [1.29, 1.82) is 0 Å². The lowest BCUT2D eigenvalue weighted by Crippen LogP contribution is -2.45. The van der Waals surface area contributed by atoms with E-state index in [1.54, 1.807) is 0 Å². The minimum Gasteiger partial charge on any atom is -0.481 e. The molecule has 0 saturated carbocycles. The first-order valence-electron chi connectivity index (χ1n) is 6.93. The van der Waals surface area contributed by atoms with Crippen LogP contribution in [0.1, 0.15) is 36.5 Å². The van der Waals surface area contributed by atoms with E-state index in [-0.39, 0.29) is 0 Å². The Morgan fingerprint density at radius 1 is 1.42 bits per heavy atom. The second kappa shape index (κ2) is 5.33. The molecule has 3 nitrogen and oxygen atoms in total. The van der Waals surface area contributed by atoms with Gasteiger partial charge in [0.2, 0.25) is 0 Å². The number of likely N-dealkylation sites (tertiary alicyclic amines) is 1. The van der Waals surface area contributed by atoms with Gasteiger partial charge >= 0.3 is 5.97 Å². The van der Waals surface area contributed by atoms with Crippen molar-refractivity contribution in [2.45, 2.75) is 40.2 Å². The molecule has 1 fully saturated rings. The van der Waals surface area contributed by atoms with Crippen LogP contribution in [0.15, 0.2) is 18.2 Å². The number of carbonyl (C=O) groups is 1. The Morgan fingerprint density at radius 3 is 2.84 bits per heavy atom. The first kappa shape index (κ1) is 14.1. The number of rotatable bonds is 3. The topological polar surface area (TPSA) is 40.5 Å². The van der Waals surface area contributed by atoms with E-state index in [9.17, 15) is 9.90 Å². The van der Waals surface area contributed by atoms with Crippen LogP contribution in [-0.4, -0.2) is 29.1 Å². The van der Waals surface area contributed by atoms with Crippen LogP contribution in [0.2, 0.25) is 0 Å². The molecule has 1 aromatic rings. The number of hydrogen-bond donors (Lipinski definition) is 1. The van der Waals surface area contributed by atoms with E-state index >= 15 is 0 Å². The number of nitrogens with zero attached hydrogens (tertiary/aromatic N) is 1. The SMILES string of the molecule is Cc1cccc(CN2CCCC(C)(C(=O)O)C2)c1C. The fourth-order valence-electron chi connectivity index (χ4n) is 2.88. The lowest BCUT2D eigenvalue weighted by atomic mass is 9.82. The number of aliphatic carboxylic acids is 1. The molecule has 2 rings (SSSR count). The summed E-state index contributed by atoms with van der Waals surface area (Å²) < 4.78 is 0. The van der Waals surface area contributed by atoms with Crippen LogP contribution < -0.4 is 0 Å². The standard InChI is InChI=1S/C16H23NO2/c1-12-6-4-7-14(13(12)2)10-17-9-5-8-16(3,11-17)15(18)19/h4,6-7H,5,8-11H2,1-3H3,(H,18,19). The minimum atomic E-state index is -0.668. The smallest absolute Gasteiger partial charge is 0.310 e. The van der Waals surface area contributed by atoms with Crippen molar-refractivity contribution in [3.63, 3.8) is 0 Å². The highest BCUT2D eigenvalue weighted by atomic mass is 16.4. The van der Waals surface area contributed by atoms with Crippen molar-refractivity contribution < 1.29 is 9.90 Å². The summed E-state index contributed by atoms with van der Waals surface area (Å²) in [4.78, 5) is 13.6. The van der Waals surface area contributed by atoms with Crippen LogP contribution in [0.5, 0.6) is 0 Å². The van der Waals surface area contributed by atoms with Crippen LogP contribution in [0.3, 0.4) is 0 Å². The highest BCUT2D eigenvalue weighted by molar-refractivity contribution is 5.74. The molecular formula is C16H23NO2. The Bertz CT molecular complexity index is 484. The van der Waals surface area contributed by atoms with Crippen LogP contribution in [0.25, 0.3) is 0 Å². The summed E-state index contributed by atoms with van der Waals surface area (Å²) in [5.41, 5.74) is 3.35. The molecule has 1 aliphatic rings. The molecule has 0 radical (unpaired) electrons. The molecule has 1 saturated heterocycles. The first-order chi connectivity index (χ1) is 8.92. The van der Waals surface area contributed by atoms with Crippen LogP contribution in [0.4, 0.5) is 0 Å². The molecule has 1 heterocycles. The third-order valence-corrected chi connectivity index (χ3v) is 4.40. The quantitative estimate of drug-likeness (QED) is 0.909. The average molecular weight is 261 g/mol. The third-order valence-electron chi connectivity index (χ3n) is 4.40. The zero-order valence-electron chi connectivity index (χ0n) is 12.1. The van der Waals surface area contributed by atoms with E-state index in [4.69, 9.17) is 0 Å². The number of carboxylic acids is 1. The number of aryl methyl sites for hydroxylation is 1. The Labute approximate surface area is 115 Å². The molecule has 0 aliphatic carbocycles. The van der Waals surface area contributed by atoms with Crippen molar-refractivity contribution in [3.05, 3.63) is 34.9 Å². The fourth-order valence-corrected chi connectivity index (χ4v) is 2.88. The van der Waals surface area contributed by atoms with Gasteiger partial charge in [0, 0.05) is 13.1 Å². The van der Waals surface area contributed by atoms with Gasteiger partial charge in [0.25, 0.3) is 0 Å². The summed E-state index contributed by atoms with van der Waals surface area (Å²) in [6, 6.07) is 6.35. The van der Waals surface area contributed by atoms with E-state index in [0.717, 1.165) is 25.9 Å². The van der Waals surface area contributed by atoms with Gasteiger partial charge in [-0.1, -0.05) is 18.2 Å². The second-order valence-corrected chi connectivity index (χ2v) is 6.04. The molecule has 3 heteroatoms. The Balaban J connectivity index is 2.11. The number of piperidine rings is 1. The zero-order valence-corrected chi connectivity index (χ0v) is 12.1. The van der Waals surface area contributed by atoms with Crippen molar-refractivity contribution in [1.82, 2.24) is 4.90 Å². The molecular weight excluding hydrogens is 238 g/mol. The Hall–Kier alpha value is -1.35. The summed E-state index contributed by atoms with van der Waals surface area (Å²) in [5.74, 6) is -0.668. The Morgan fingerprint density at radius 2 is 2.16 bits per heavy atom. The molecule has 19 heavy (non-hydrogen) atoms. The van der Waals surface area contributed by atoms with Crippen LogP contribution in [0, 0.1) is 19.3 Å². The van der Waals surface area contributed by atoms with Crippen molar-refractivity contribution >= 4 is 5.97 Å². The van der Waals surface area contributed by atoms with Gasteiger partial charge < -0.3 is 5.11 Å². The summed E-state index contributed by atoms with van der Waals surface area (Å²) in [5, 5.41) is 9.35. The molecule has 1 unspecified atom stereocenters. The monoisotopic (exact) mass is 261 g/mol. The normalized spacial score (nSPS) is 24.4. The number of benzene rings is 1. The molecule has 104 valence electrons. The predicted octanol–water partition coefficient (Wildman–Crippen LogP) is 2.99. The molecule has 0 amide bonds. The van der Waals surface area contributed by atoms with Gasteiger partial charge in [-0.15, -0.1) is 0 Å². The summed E-state index contributed by atoms with van der Waals surface area (Å²) in [6.45, 7) is 8.63. The predicted molar refractivity (Wildman–Crippen MR) is 76.2 cm³/mol. The van der Waals surface area contributed by atoms with Crippen molar-refractivity contribution in [2.24, 2.45) is 5.41 Å². The zero-order chi connectivity index (χ0) is 14.0. The van der Waals surface area contributed by atoms with E-state index in [2.05, 4.69) is 36.9 Å². The molecule has 0 bridgehead atoms. The first-order valence-corrected chi connectivity index (χ1v) is 6.93. The fraction of sp³-hybridized carbons (Fsp3) is 0.562. The van der Waals surface area contributed by atoms with Crippen LogP contribution >= 0.6 is 0 Å². The van der Waals surface area contributed by atoms with Gasteiger partial charge in [-0.25, -0.2) is 0 Å². The molecule has 0 aromatic heterocycles. The van der Waals surface area contributed by atoms with Gasteiger partial charge in [0.1, 0.15) is 0 Å². The molecule has 1 N–H and O–H groups in total. The maximum absolute atomic E-state index is 11.4. The molecule has 0 spiro atoms. The van der Waals surface area contributed by atoms with Crippen molar-refractivity contribution in [2.75, 3.05) is 13.1 Å².